The van der Waals surface area contributed by atoms with Crippen molar-refractivity contribution in [3.8, 4) is 11.1 Å². The monoisotopic (exact) mass is 476 g/mol. The summed E-state index contributed by atoms with van der Waals surface area (Å²) in [5.74, 6) is -0.0298. The average molecular weight is 477 g/mol. The van der Waals surface area contributed by atoms with Gasteiger partial charge in [-0.2, -0.15) is 0 Å². The van der Waals surface area contributed by atoms with Crippen molar-refractivity contribution < 1.29 is 9.59 Å². The fourth-order valence-corrected chi connectivity index (χ4v) is 5.28. The van der Waals surface area contributed by atoms with Gasteiger partial charge in [0.1, 0.15) is 0 Å². The maximum absolute atomic E-state index is 12.6. The molecular weight excluding hydrogens is 436 g/mol. The summed E-state index contributed by atoms with van der Waals surface area (Å²) in [6.07, 6.45) is 7.69. The van der Waals surface area contributed by atoms with Gasteiger partial charge in [-0.25, -0.2) is 0 Å². The number of hydrogen-bond acceptors (Lipinski definition) is 4. The molecular formula is C29H40N4O2. The van der Waals surface area contributed by atoms with Crippen LogP contribution < -0.4 is 5.32 Å². The topological polar surface area (TPSA) is 55.9 Å². The van der Waals surface area contributed by atoms with Gasteiger partial charge < -0.3 is 20.0 Å². The number of carbonyl (C=O) groups is 2. The highest BCUT2D eigenvalue weighted by Crippen LogP contribution is 2.22. The Hall–Kier alpha value is -2.70. The summed E-state index contributed by atoms with van der Waals surface area (Å²) in [7, 11) is 3.50. The largest absolute Gasteiger partial charge is 0.352 e. The summed E-state index contributed by atoms with van der Waals surface area (Å²) in [5.41, 5.74) is 3.39. The van der Waals surface area contributed by atoms with Gasteiger partial charge in [-0.05, 0) is 100 Å². The second kappa shape index (κ2) is 12.3. The van der Waals surface area contributed by atoms with E-state index in [1.807, 2.05) is 48.5 Å². The third kappa shape index (κ3) is 6.92. The maximum atomic E-state index is 12.6. The molecule has 2 aromatic carbocycles. The predicted molar refractivity (Wildman–Crippen MR) is 142 cm³/mol. The molecule has 4 rings (SSSR count). The molecule has 0 aliphatic carbocycles. The van der Waals surface area contributed by atoms with E-state index in [1.54, 1.807) is 19.0 Å². The molecule has 0 aromatic heterocycles. The molecule has 2 fully saturated rings. The number of likely N-dealkylation sites (tertiary alicyclic amines) is 2. The normalized spacial score (nSPS) is 17.8. The van der Waals surface area contributed by atoms with Crippen LogP contribution in [-0.2, 0) is 0 Å². The van der Waals surface area contributed by atoms with Crippen molar-refractivity contribution in [1.29, 1.82) is 0 Å². The first-order valence-electron chi connectivity index (χ1n) is 13.2. The van der Waals surface area contributed by atoms with Crippen LogP contribution in [0.2, 0.25) is 0 Å². The van der Waals surface area contributed by atoms with E-state index in [4.69, 9.17) is 0 Å². The van der Waals surface area contributed by atoms with Crippen molar-refractivity contribution >= 4 is 11.8 Å². The van der Waals surface area contributed by atoms with Crippen molar-refractivity contribution in [1.82, 2.24) is 20.0 Å². The summed E-state index contributed by atoms with van der Waals surface area (Å²) in [6, 6.07) is 16.0. The summed E-state index contributed by atoms with van der Waals surface area (Å²) >= 11 is 0. The molecule has 2 aromatic rings. The van der Waals surface area contributed by atoms with Crippen molar-refractivity contribution in [3.63, 3.8) is 0 Å². The van der Waals surface area contributed by atoms with Crippen LogP contribution in [0.5, 0.6) is 0 Å². The highest BCUT2D eigenvalue weighted by atomic mass is 16.2. The molecule has 6 nitrogen and oxygen atoms in total. The van der Waals surface area contributed by atoms with Gasteiger partial charge in [0.15, 0.2) is 0 Å². The zero-order valence-electron chi connectivity index (χ0n) is 21.3. The molecule has 35 heavy (non-hydrogen) atoms. The highest BCUT2D eigenvalue weighted by Gasteiger charge is 2.25. The molecule has 2 aliphatic heterocycles. The van der Waals surface area contributed by atoms with E-state index in [-0.39, 0.29) is 11.8 Å². The summed E-state index contributed by atoms with van der Waals surface area (Å²) in [6.45, 7) is 6.71. The molecule has 6 heteroatoms. The molecule has 188 valence electrons. The number of carbonyl (C=O) groups excluding carboxylic acids is 2. The molecule has 2 heterocycles. The quantitative estimate of drug-likeness (QED) is 0.582. The van der Waals surface area contributed by atoms with Crippen LogP contribution in [0, 0.1) is 0 Å². The fourth-order valence-electron chi connectivity index (χ4n) is 5.28. The minimum Gasteiger partial charge on any atom is -0.352 e. The average Bonchev–Trinajstić information content (AvgIpc) is 2.91. The van der Waals surface area contributed by atoms with Crippen LogP contribution in [0.15, 0.2) is 48.5 Å². The molecule has 0 spiro atoms. The Morgan fingerprint density at radius 1 is 0.829 bits per heavy atom. The third-order valence-corrected chi connectivity index (χ3v) is 7.42. The molecule has 0 atom stereocenters. The Morgan fingerprint density at radius 2 is 1.40 bits per heavy atom. The zero-order chi connectivity index (χ0) is 24.6. The second-order valence-corrected chi connectivity index (χ2v) is 10.1. The Morgan fingerprint density at radius 3 is 1.97 bits per heavy atom. The fraction of sp³-hybridized carbons (Fsp3) is 0.517. The lowest BCUT2D eigenvalue weighted by atomic mass is 10.00. The van der Waals surface area contributed by atoms with Crippen LogP contribution in [0.25, 0.3) is 11.1 Å². The predicted octanol–water partition coefficient (Wildman–Crippen LogP) is 4.13. The molecule has 2 amide bonds. The van der Waals surface area contributed by atoms with Crippen molar-refractivity contribution in [2.24, 2.45) is 0 Å². The molecule has 0 saturated carbocycles. The van der Waals surface area contributed by atoms with Gasteiger partial charge in [0.05, 0.1) is 0 Å². The van der Waals surface area contributed by atoms with Crippen molar-refractivity contribution in [2.75, 3.05) is 53.4 Å². The van der Waals surface area contributed by atoms with Gasteiger partial charge in [-0.3, -0.25) is 9.59 Å². The Kier molecular flexibility index (Phi) is 8.94. The smallest absolute Gasteiger partial charge is 0.253 e. The van der Waals surface area contributed by atoms with E-state index in [0.717, 1.165) is 30.1 Å². The molecule has 2 aliphatic rings. The van der Waals surface area contributed by atoms with E-state index in [0.29, 0.717) is 17.7 Å². The first kappa shape index (κ1) is 25.4. The van der Waals surface area contributed by atoms with Gasteiger partial charge in [-0.15, -0.1) is 0 Å². The number of benzene rings is 2. The molecule has 0 radical (unpaired) electrons. The third-order valence-electron chi connectivity index (χ3n) is 7.42. The van der Waals surface area contributed by atoms with Gasteiger partial charge in [0.2, 0.25) is 0 Å². The Bertz CT molecular complexity index is 957. The lowest BCUT2D eigenvalue weighted by molar-refractivity contribution is 0.0827. The standard InChI is InChI=1S/C29H40N4O2/c1-31(2)29(35)26-13-9-24(10-14-26)23-7-11-25(12-8-23)28(34)30-17-6-18-32-21-15-27(16-22-32)33-19-4-3-5-20-33/h7-14,27H,3-6,15-22H2,1-2H3,(H,30,34). The lowest BCUT2D eigenvalue weighted by Gasteiger charge is -2.40. The van der Waals surface area contributed by atoms with Crippen molar-refractivity contribution in [2.45, 2.75) is 44.6 Å². The van der Waals surface area contributed by atoms with E-state index >= 15 is 0 Å². The van der Waals surface area contributed by atoms with Gasteiger partial charge in [0.25, 0.3) is 11.8 Å². The van der Waals surface area contributed by atoms with Crippen LogP contribution in [0.3, 0.4) is 0 Å². The lowest BCUT2D eigenvalue weighted by Crippen LogP contribution is -2.47. The highest BCUT2D eigenvalue weighted by molar-refractivity contribution is 5.95. The van der Waals surface area contributed by atoms with E-state index in [9.17, 15) is 9.59 Å². The van der Waals surface area contributed by atoms with Crippen LogP contribution in [0.1, 0.15) is 59.2 Å². The number of amides is 2. The van der Waals surface area contributed by atoms with E-state index in [2.05, 4.69) is 15.1 Å². The van der Waals surface area contributed by atoms with E-state index < -0.39 is 0 Å². The first-order valence-corrected chi connectivity index (χ1v) is 13.2. The molecule has 1 N–H and O–H groups in total. The number of nitrogens with zero attached hydrogens (tertiary/aromatic N) is 3. The van der Waals surface area contributed by atoms with Crippen LogP contribution in [0.4, 0.5) is 0 Å². The zero-order valence-corrected chi connectivity index (χ0v) is 21.3. The van der Waals surface area contributed by atoms with Crippen LogP contribution >= 0.6 is 0 Å². The molecule has 0 unspecified atom stereocenters. The van der Waals surface area contributed by atoms with Crippen LogP contribution in [-0.4, -0.2) is 85.9 Å². The molecule has 2 saturated heterocycles. The second-order valence-electron chi connectivity index (χ2n) is 10.1. The minimum atomic E-state index is -0.0210. The number of hydrogen-bond donors (Lipinski definition) is 1. The summed E-state index contributed by atoms with van der Waals surface area (Å²) < 4.78 is 0. The van der Waals surface area contributed by atoms with E-state index in [1.165, 1.54) is 58.3 Å². The maximum Gasteiger partial charge on any atom is 0.253 e. The Balaban J connectivity index is 1.17. The van der Waals surface area contributed by atoms with Gasteiger partial charge >= 0.3 is 0 Å². The summed E-state index contributed by atoms with van der Waals surface area (Å²) in [5, 5.41) is 3.07. The Labute approximate surface area is 210 Å². The number of piperidine rings is 2. The number of rotatable bonds is 8. The minimum absolute atomic E-state index is 0.00879. The number of nitrogens with one attached hydrogen (secondary N) is 1. The summed E-state index contributed by atoms with van der Waals surface area (Å²) in [4.78, 5) is 31.5. The van der Waals surface area contributed by atoms with Gasteiger partial charge in [0, 0.05) is 37.8 Å². The SMILES string of the molecule is CN(C)C(=O)c1ccc(-c2ccc(C(=O)NCCCN3CCC(N4CCCCC4)CC3)cc2)cc1. The molecule has 0 bridgehead atoms. The first-order chi connectivity index (χ1) is 17.0. The van der Waals surface area contributed by atoms with Gasteiger partial charge in [-0.1, -0.05) is 30.7 Å². The van der Waals surface area contributed by atoms with Crippen molar-refractivity contribution in [3.05, 3.63) is 59.7 Å².